The van der Waals surface area contributed by atoms with Crippen molar-refractivity contribution in [2.45, 2.75) is 0 Å². The third kappa shape index (κ3) is 2.02. The summed E-state index contributed by atoms with van der Waals surface area (Å²) in [6.45, 7) is 0. The van der Waals surface area contributed by atoms with Crippen LogP contribution in [0.25, 0.3) is 0 Å². The van der Waals surface area contributed by atoms with Gasteiger partial charge in [-0.3, -0.25) is 4.79 Å². The maximum absolute atomic E-state index is 11.8. The third-order valence-corrected chi connectivity index (χ3v) is 2.61. The van der Waals surface area contributed by atoms with E-state index in [1.165, 1.54) is 24.6 Å². The number of carbonyl (C=O) groups excluding carboxylic acids is 1. The smallest absolute Gasteiger partial charge is 0.223 e. The first-order valence-electron chi connectivity index (χ1n) is 4.25. The van der Waals surface area contributed by atoms with E-state index in [0.29, 0.717) is 16.5 Å². The van der Waals surface area contributed by atoms with Gasteiger partial charge in [0.2, 0.25) is 11.7 Å². The second-order valence-electron chi connectivity index (χ2n) is 2.76. The zero-order chi connectivity index (χ0) is 10.7. The highest BCUT2D eigenvalue weighted by molar-refractivity contribution is 7.11. The minimum Gasteiger partial charge on any atom is -0.481 e. The number of nitrogens with zero attached hydrogens (tertiary/aromatic N) is 2. The highest BCUT2D eigenvalue weighted by Gasteiger charge is 2.11. The van der Waals surface area contributed by atoms with Gasteiger partial charge < -0.3 is 4.74 Å². The Hall–Kier alpha value is -1.75. The lowest BCUT2D eigenvalue weighted by Gasteiger charge is -1.99. The van der Waals surface area contributed by atoms with Crippen molar-refractivity contribution in [2.75, 3.05) is 7.11 Å². The van der Waals surface area contributed by atoms with Crippen LogP contribution in [0.2, 0.25) is 0 Å². The predicted molar refractivity (Wildman–Crippen MR) is 56.3 cm³/mol. The summed E-state index contributed by atoms with van der Waals surface area (Å²) in [5, 5.41) is 2.24. The van der Waals surface area contributed by atoms with Gasteiger partial charge in [0.15, 0.2) is 5.01 Å². The molecule has 0 aliphatic carbocycles. The molecule has 0 radical (unpaired) electrons. The molecule has 2 heterocycles. The molecule has 0 fully saturated rings. The van der Waals surface area contributed by atoms with Crippen LogP contribution in [-0.4, -0.2) is 22.9 Å². The molecule has 2 aromatic heterocycles. The molecule has 15 heavy (non-hydrogen) atoms. The summed E-state index contributed by atoms with van der Waals surface area (Å²) >= 11 is 1.32. The van der Waals surface area contributed by atoms with Crippen molar-refractivity contribution in [3.8, 4) is 5.88 Å². The number of methoxy groups -OCH3 is 1. The largest absolute Gasteiger partial charge is 0.481 e. The van der Waals surface area contributed by atoms with Crippen molar-refractivity contribution in [1.29, 1.82) is 0 Å². The predicted octanol–water partition coefficient (Wildman–Crippen LogP) is 1.78. The average Bonchev–Trinajstić information content (AvgIpc) is 2.82. The quantitative estimate of drug-likeness (QED) is 0.740. The molecule has 0 aromatic carbocycles. The van der Waals surface area contributed by atoms with Gasteiger partial charge in [0.05, 0.1) is 7.11 Å². The molecule has 2 aromatic rings. The number of ketones is 1. The first kappa shape index (κ1) is 9.79. The summed E-state index contributed by atoms with van der Waals surface area (Å²) in [6, 6.07) is 3.33. The van der Waals surface area contributed by atoms with E-state index < -0.39 is 0 Å². The highest BCUT2D eigenvalue weighted by atomic mass is 32.1. The summed E-state index contributed by atoms with van der Waals surface area (Å²) < 4.78 is 4.90. The third-order valence-electron chi connectivity index (χ3n) is 1.83. The number of thiazole rings is 1. The first-order valence-corrected chi connectivity index (χ1v) is 5.13. The molecular weight excluding hydrogens is 212 g/mol. The number of carbonyl (C=O) groups is 1. The summed E-state index contributed by atoms with van der Waals surface area (Å²) in [4.78, 5) is 19.7. The standard InChI is InChI=1S/C10H8N2O2S/c1-14-8-3-2-7(6-12-8)9(13)10-11-4-5-15-10/h2-6H,1H3. The summed E-state index contributed by atoms with van der Waals surface area (Å²) in [5.74, 6) is 0.380. The fourth-order valence-corrected chi connectivity index (χ4v) is 1.69. The molecule has 5 heteroatoms. The molecule has 0 saturated carbocycles. The summed E-state index contributed by atoms with van der Waals surface area (Å²) in [7, 11) is 1.53. The van der Waals surface area contributed by atoms with Crippen LogP contribution in [0.15, 0.2) is 29.9 Å². The molecule has 0 spiro atoms. The van der Waals surface area contributed by atoms with Crippen molar-refractivity contribution in [1.82, 2.24) is 9.97 Å². The Kier molecular flexibility index (Phi) is 2.73. The lowest BCUT2D eigenvalue weighted by molar-refractivity contribution is 0.103. The van der Waals surface area contributed by atoms with Crippen LogP contribution in [0.5, 0.6) is 5.88 Å². The molecule has 0 aliphatic rings. The lowest BCUT2D eigenvalue weighted by Crippen LogP contribution is -2.01. The van der Waals surface area contributed by atoms with Crippen molar-refractivity contribution < 1.29 is 9.53 Å². The Morgan fingerprint density at radius 3 is 2.80 bits per heavy atom. The molecular formula is C10H8N2O2S. The topological polar surface area (TPSA) is 52.1 Å². The molecule has 0 amide bonds. The maximum atomic E-state index is 11.8. The van der Waals surface area contributed by atoms with Crippen molar-refractivity contribution in [3.05, 3.63) is 40.5 Å². The van der Waals surface area contributed by atoms with E-state index in [1.54, 1.807) is 23.7 Å². The van der Waals surface area contributed by atoms with Crippen LogP contribution < -0.4 is 4.74 Å². The maximum Gasteiger partial charge on any atom is 0.223 e. The van der Waals surface area contributed by atoms with Gasteiger partial charge in [0.1, 0.15) is 0 Å². The molecule has 0 N–H and O–H groups in total. The van der Waals surface area contributed by atoms with Crippen LogP contribution in [0.4, 0.5) is 0 Å². The monoisotopic (exact) mass is 220 g/mol. The highest BCUT2D eigenvalue weighted by Crippen LogP contribution is 2.13. The van der Waals surface area contributed by atoms with Crippen molar-refractivity contribution >= 4 is 17.1 Å². The van der Waals surface area contributed by atoms with Gasteiger partial charge in [-0.05, 0) is 6.07 Å². The molecule has 0 atom stereocenters. The Morgan fingerprint density at radius 2 is 2.27 bits per heavy atom. The second kappa shape index (κ2) is 4.18. The molecule has 2 rings (SSSR count). The Labute approximate surface area is 90.6 Å². The summed E-state index contributed by atoms with van der Waals surface area (Å²) in [5.41, 5.74) is 0.519. The van der Waals surface area contributed by atoms with Gasteiger partial charge in [-0.25, -0.2) is 9.97 Å². The zero-order valence-corrected chi connectivity index (χ0v) is 8.82. The van der Waals surface area contributed by atoms with Gasteiger partial charge in [-0.2, -0.15) is 0 Å². The van der Waals surface area contributed by atoms with E-state index in [4.69, 9.17) is 4.74 Å². The fourth-order valence-electron chi connectivity index (χ4n) is 1.09. The van der Waals surface area contributed by atoms with Crippen LogP contribution in [0.1, 0.15) is 15.4 Å². The summed E-state index contributed by atoms with van der Waals surface area (Å²) in [6.07, 6.45) is 3.09. The molecule has 76 valence electrons. The Bertz CT molecular complexity index is 451. The second-order valence-corrected chi connectivity index (χ2v) is 3.65. The van der Waals surface area contributed by atoms with Gasteiger partial charge >= 0.3 is 0 Å². The lowest BCUT2D eigenvalue weighted by atomic mass is 10.2. The number of pyridine rings is 1. The molecule has 0 bridgehead atoms. The number of hydrogen-bond acceptors (Lipinski definition) is 5. The first-order chi connectivity index (χ1) is 7.31. The SMILES string of the molecule is COc1ccc(C(=O)c2nccs2)cn1. The van der Waals surface area contributed by atoms with E-state index >= 15 is 0 Å². The van der Waals surface area contributed by atoms with Crippen LogP contribution >= 0.6 is 11.3 Å². The Balaban J connectivity index is 2.27. The van der Waals surface area contributed by atoms with E-state index in [1.807, 2.05) is 0 Å². The van der Waals surface area contributed by atoms with E-state index in [9.17, 15) is 4.79 Å². The van der Waals surface area contributed by atoms with E-state index in [2.05, 4.69) is 9.97 Å². The zero-order valence-electron chi connectivity index (χ0n) is 8.01. The minimum atomic E-state index is -0.111. The van der Waals surface area contributed by atoms with Gasteiger partial charge in [0, 0.05) is 29.4 Å². The van der Waals surface area contributed by atoms with Crippen molar-refractivity contribution in [3.63, 3.8) is 0 Å². The van der Waals surface area contributed by atoms with Gasteiger partial charge in [-0.15, -0.1) is 11.3 Å². The normalized spacial score (nSPS) is 9.93. The minimum absolute atomic E-state index is 0.111. The average molecular weight is 220 g/mol. The van der Waals surface area contributed by atoms with Gasteiger partial charge in [0.25, 0.3) is 0 Å². The van der Waals surface area contributed by atoms with E-state index in [-0.39, 0.29) is 5.78 Å². The molecule has 0 saturated heterocycles. The molecule has 4 nitrogen and oxygen atoms in total. The number of rotatable bonds is 3. The fraction of sp³-hybridized carbons (Fsp3) is 0.100. The molecule has 0 unspecified atom stereocenters. The van der Waals surface area contributed by atoms with Crippen molar-refractivity contribution in [2.24, 2.45) is 0 Å². The Morgan fingerprint density at radius 1 is 1.40 bits per heavy atom. The molecule has 0 aliphatic heterocycles. The van der Waals surface area contributed by atoms with Crippen LogP contribution in [-0.2, 0) is 0 Å². The van der Waals surface area contributed by atoms with Crippen LogP contribution in [0.3, 0.4) is 0 Å². The van der Waals surface area contributed by atoms with E-state index in [0.717, 1.165) is 0 Å². The number of hydrogen-bond donors (Lipinski definition) is 0. The van der Waals surface area contributed by atoms with Crippen LogP contribution in [0, 0.1) is 0 Å². The number of ether oxygens (including phenoxy) is 1. The number of aromatic nitrogens is 2. The van der Waals surface area contributed by atoms with Gasteiger partial charge in [-0.1, -0.05) is 0 Å².